The van der Waals surface area contributed by atoms with Gasteiger partial charge in [0.2, 0.25) is 0 Å². The summed E-state index contributed by atoms with van der Waals surface area (Å²) in [5, 5.41) is 49.7. The second kappa shape index (κ2) is 8.65. The lowest BCUT2D eigenvalue weighted by molar-refractivity contribution is -0.384. The van der Waals surface area contributed by atoms with Crippen LogP contribution < -0.4 is 10.9 Å². The first-order valence-electron chi connectivity index (χ1n) is 8.53. The zero-order valence-corrected chi connectivity index (χ0v) is 14.8. The Morgan fingerprint density at radius 3 is 2.52 bits per heavy atom. The van der Waals surface area contributed by atoms with Crippen molar-refractivity contribution in [1.82, 2.24) is 10.9 Å². The van der Waals surface area contributed by atoms with Gasteiger partial charge in [-0.05, 0) is 18.2 Å². The summed E-state index contributed by atoms with van der Waals surface area (Å²) in [6, 6.07) is 8.57. The highest BCUT2D eigenvalue weighted by atomic mass is 16.6. The molecule has 0 spiro atoms. The Morgan fingerprint density at radius 2 is 1.83 bits per heavy atom. The van der Waals surface area contributed by atoms with Gasteiger partial charge in [0.05, 0.1) is 17.1 Å². The number of carbonyl (C=O) groups is 1. The number of rotatable bonds is 6. The Morgan fingerprint density at radius 1 is 1.10 bits per heavy atom. The van der Waals surface area contributed by atoms with Crippen LogP contribution in [-0.2, 0) is 4.74 Å². The highest BCUT2D eigenvalue weighted by Gasteiger charge is 2.43. The van der Waals surface area contributed by atoms with Crippen LogP contribution in [0.3, 0.4) is 0 Å². The maximum absolute atomic E-state index is 12.3. The largest absolute Gasteiger partial charge is 0.451 e. The number of ether oxygens (including phenoxy) is 1. The second-order valence-corrected chi connectivity index (χ2v) is 6.29. The Kier molecular flexibility index (Phi) is 6.22. The zero-order chi connectivity index (χ0) is 21.1. The molecule has 156 valence electrons. The first-order valence-corrected chi connectivity index (χ1v) is 8.53. The molecular weight excluding hydrogens is 390 g/mol. The van der Waals surface area contributed by atoms with Gasteiger partial charge in [0.1, 0.15) is 30.2 Å². The molecule has 12 heteroatoms. The molecule has 1 fully saturated rings. The summed E-state index contributed by atoms with van der Waals surface area (Å²) >= 11 is 0. The molecular formula is C17H19N3O9. The maximum Gasteiger partial charge on any atom is 0.301 e. The first-order chi connectivity index (χ1) is 13.8. The van der Waals surface area contributed by atoms with Crippen LogP contribution in [-0.4, -0.2) is 68.5 Å². The number of carbonyl (C=O) groups excluding carboxylic acids is 1. The van der Waals surface area contributed by atoms with Crippen molar-refractivity contribution in [2.75, 3.05) is 6.61 Å². The minimum absolute atomic E-state index is 0.107. The van der Waals surface area contributed by atoms with Gasteiger partial charge in [-0.2, -0.15) is 0 Å². The van der Waals surface area contributed by atoms with Crippen molar-refractivity contribution in [1.29, 1.82) is 0 Å². The van der Waals surface area contributed by atoms with Gasteiger partial charge in [-0.25, -0.2) is 5.43 Å². The molecule has 3 rings (SSSR count). The molecule has 1 aromatic heterocycles. The van der Waals surface area contributed by atoms with Gasteiger partial charge in [0, 0.05) is 6.07 Å². The molecule has 0 saturated carbocycles. The van der Waals surface area contributed by atoms with E-state index in [0.29, 0.717) is 0 Å². The first kappa shape index (κ1) is 20.9. The predicted molar refractivity (Wildman–Crippen MR) is 95.2 cm³/mol. The average molecular weight is 409 g/mol. The monoisotopic (exact) mass is 409 g/mol. The molecule has 0 radical (unpaired) electrons. The van der Waals surface area contributed by atoms with Crippen LogP contribution in [0.5, 0.6) is 0 Å². The number of amides is 1. The number of benzene rings is 1. The van der Waals surface area contributed by atoms with Crippen LogP contribution in [0.4, 0.5) is 5.69 Å². The van der Waals surface area contributed by atoms with Crippen molar-refractivity contribution < 1.29 is 39.3 Å². The van der Waals surface area contributed by atoms with Gasteiger partial charge in [0.15, 0.2) is 12.0 Å². The van der Waals surface area contributed by atoms with Crippen molar-refractivity contribution in [2.45, 2.75) is 30.6 Å². The van der Waals surface area contributed by atoms with Gasteiger partial charge in [-0.15, -0.1) is 0 Å². The van der Waals surface area contributed by atoms with Crippen LogP contribution in [0.2, 0.25) is 0 Å². The number of aliphatic hydroxyl groups is 4. The van der Waals surface area contributed by atoms with E-state index in [1.807, 2.05) is 0 Å². The van der Waals surface area contributed by atoms with Crippen molar-refractivity contribution in [3.63, 3.8) is 0 Å². The molecule has 1 amide bonds. The summed E-state index contributed by atoms with van der Waals surface area (Å²) in [5.74, 6) is -0.864. The highest BCUT2D eigenvalue weighted by molar-refractivity contribution is 5.91. The Hall–Kier alpha value is -2.87. The van der Waals surface area contributed by atoms with E-state index in [1.165, 1.54) is 30.3 Å². The van der Waals surface area contributed by atoms with Gasteiger partial charge in [0.25, 0.3) is 5.69 Å². The fraction of sp³-hybridized carbons (Fsp3) is 0.353. The molecule has 5 atom stereocenters. The van der Waals surface area contributed by atoms with Crippen LogP contribution >= 0.6 is 0 Å². The molecule has 2 heterocycles. The Bertz CT molecular complexity index is 885. The molecule has 1 saturated heterocycles. The third-order valence-corrected chi connectivity index (χ3v) is 4.42. The van der Waals surface area contributed by atoms with E-state index < -0.39 is 48.1 Å². The molecule has 1 aromatic carbocycles. The van der Waals surface area contributed by atoms with E-state index in [0.717, 1.165) is 0 Å². The van der Waals surface area contributed by atoms with Crippen molar-refractivity contribution >= 4 is 11.6 Å². The summed E-state index contributed by atoms with van der Waals surface area (Å²) in [5.41, 5.74) is 4.55. The minimum atomic E-state index is -1.61. The number of furan rings is 1. The highest BCUT2D eigenvalue weighted by Crippen LogP contribution is 2.30. The number of nitrogens with one attached hydrogen (secondary N) is 2. The van der Waals surface area contributed by atoms with E-state index in [9.17, 15) is 30.2 Å². The van der Waals surface area contributed by atoms with Crippen LogP contribution in [0, 0.1) is 10.1 Å². The number of nitro benzene ring substituents is 1. The maximum atomic E-state index is 12.3. The van der Waals surface area contributed by atoms with E-state index >= 15 is 0 Å². The average Bonchev–Trinajstić information content (AvgIpc) is 3.21. The molecule has 0 bridgehead atoms. The van der Waals surface area contributed by atoms with Crippen LogP contribution in [0.25, 0.3) is 11.3 Å². The lowest BCUT2D eigenvalue weighted by Crippen LogP contribution is -2.64. The van der Waals surface area contributed by atoms with Crippen LogP contribution in [0.15, 0.2) is 40.8 Å². The summed E-state index contributed by atoms with van der Waals surface area (Å²) < 4.78 is 10.6. The number of hydrazine groups is 1. The molecule has 1 aliphatic rings. The molecule has 0 unspecified atom stereocenters. The number of hydrogen-bond acceptors (Lipinski definition) is 10. The Balaban J connectivity index is 1.68. The van der Waals surface area contributed by atoms with Crippen LogP contribution in [0.1, 0.15) is 10.6 Å². The fourth-order valence-electron chi connectivity index (χ4n) is 2.86. The summed E-state index contributed by atoms with van der Waals surface area (Å²) in [6.45, 7) is -0.617. The van der Waals surface area contributed by atoms with Crippen molar-refractivity contribution in [3.05, 3.63) is 52.3 Å². The summed E-state index contributed by atoms with van der Waals surface area (Å²) in [4.78, 5) is 22.8. The van der Waals surface area contributed by atoms with Gasteiger partial charge < -0.3 is 29.6 Å². The Labute approximate surface area is 163 Å². The lowest BCUT2D eigenvalue weighted by atomic mass is 9.99. The van der Waals surface area contributed by atoms with Gasteiger partial charge in [-0.1, -0.05) is 12.1 Å². The molecule has 0 aliphatic carbocycles. The quantitative estimate of drug-likeness (QED) is 0.252. The minimum Gasteiger partial charge on any atom is -0.451 e. The van der Waals surface area contributed by atoms with Gasteiger partial charge >= 0.3 is 5.91 Å². The molecule has 29 heavy (non-hydrogen) atoms. The van der Waals surface area contributed by atoms with Crippen molar-refractivity contribution in [3.8, 4) is 11.3 Å². The van der Waals surface area contributed by atoms with E-state index in [1.54, 1.807) is 6.07 Å². The standard InChI is InChI=1S/C17H19N3O9/c21-7-12-13(22)14(23)15(24)17(29-12)19-18-16(25)11-6-5-10(28-11)8-3-1-2-4-9(8)20(26)27/h1-6,12-15,17,19,21-24H,7H2,(H,18,25)/t12-,13-,14+,15-,17-/m1/s1. The second-order valence-electron chi connectivity index (χ2n) is 6.29. The third kappa shape index (κ3) is 4.27. The number of hydrogen-bond donors (Lipinski definition) is 6. The van der Waals surface area contributed by atoms with E-state index in [4.69, 9.17) is 14.3 Å². The number of para-hydroxylation sites is 1. The summed E-state index contributed by atoms with van der Waals surface area (Å²) in [6.07, 6.45) is -7.19. The van der Waals surface area contributed by atoms with Crippen molar-refractivity contribution in [2.24, 2.45) is 0 Å². The molecule has 1 aliphatic heterocycles. The molecule has 6 N–H and O–H groups in total. The molecule has 12 nitrogen and oxygen atoms in total. The van der Waals surface area contributed by atoms with E-state index in [2.05, 4.69) is 10.9 Å². The number of nitrogens with zero attached hydrogens (tertiary/aromatic N) is 1. The number of nitro groups is 1. The molecule has 2 aromatic rings. The summed E-state index contributed by atoms with van der Waals surface area (Å²) in [7, 11) is 0. The van der Waals surface area contributed by atoms with Gasteiger partial charge in [-0.3, -0.25) is 20.3 Å². The number of aliphatic hydroxyl groups excluding tert-OH is 4. The predicted octanol–water partition coefficient (Wildman–Crippen LogP) is -1.11. The lowest BCUT2D eigenvalue weighted by Gasteiger charge is -2.40. The zero-order valence-electron chi connectivity index (χ0n) is 14.8. The smallest absolute Gasteiger partial charge is 0.301 e. The van der Waals surface area contributed by atoms with E-state index in [-0.39, 0.29) is 22.8 Å². The normalized spacial score (nSPS) is 26.8. The SMILES string of the molecule is O=C(NN[C@@H]1O[C@H](CO)[C@@H](O)[C@H](O)[C@H]1O)c1ccc(-c2ccccc2[N+](=O)[O-])o1. The topological polar surface area (TPSA) is 188 Å². The third-order valence-electron chi connectivity index (χ3n) is 4.42. The fourth-order valence-corrected chi connectivity index (χ4v) is 2.86.